The molecule has 0 unspecified atom stereocenters. The molecule has 0 fully saturated rings. The van der Waals surface area contributed by atoms with Gasteiger partial charge in [-0.2, -0.15) is 0 Å². The number of benzene rings is 1. The minimum Gasteiger partial charge on any atom is -0.387 e. The Bertz CT molecular complexity index is 827. The Morgan fingerprint density at radius 1 is 1.24 bits per heavy atom. The summed E-state index contributed by atoms with van der Waals surface area (Å²) >= 11 is 0. The summed E-state index contributed by atoms with van der Waals surface area (Å²) in [6, 6.07) is 4.65. The van der Waals surface area contributed by atoms with Crippen molar-refractivity contribution >= 4 is 5.78 Å². The summed E-state index contributed by atoms with van der Waals surface area (Å²) < 4.78 is 55.2. The minimum absolute atomic E-state index is 0.00417. The summed E-state index contributed by atoms with van der Waals surface area (Å²) in [7, 11) is 0. The molecule has 0 radical (unpaired) electrons. The quantitative estimate of drug-likeness (QED) is 0.674. The molecular weight excluding hydrogens is 338 g/mol. The number of aliphatic hydroxyl groups is 1. The van der Waals surface area contributed by atoms with E-state index < -0.39 is 35.0 Å². The van der Waals surface area contributed by atoms with Gasteiger partial charge in [0.2, 0.25) is 0 Å². The molecule has 2 aromatic rings. The first-order chi connectivity index (χ1) is 11.8. The summed E-state index contributed by atoms with van der Waals surface area (Å²) in [4.78, 5) is 16.4. The van der Waals surface area contributed by atoms with Gasteiger partial charge in [0, 0.05) is 18.2 Å². The Kier molecular flexibility index (Phi) is 4.60. The predicted molar refractivity (Wildman–Crippen MR) is 80.9 cm³/mol. The monoisotopic (exact) mass is 353 g/mol. The molecule has 1 N–H and O–H groups in total. The van der Waals surface area contributed by atoms with Gasteiger partial charge < -0.3 is 5.11 Å². The van der Waals surface area contributed by atoms with E-state index in [-0.39, 0.29) is 42.5 Å². The Labute approximate surface area is 141 Å². The lowest BCUT2D eigenvalue weighted by atomic mass is 9.77. The summed E-state index contributed by atoms with van der Waals surface area (Å²) in [5.74, 6) is -5.12. The maximum atomic E-state index is 15.4. The molecule has 1 aromatic heterocycles. The topological polar surface area (TPSA) is 50.2 Å². The molecule has 0 amide bonds. The zero-order valence-electron chi connectivity index (χ0n) is 13.1. The van der Waals surface area contributed by atoms with Crippen LogP contribution in [0.4, 0.5) is 17.6 Å². The van der Waals surface area contributed by atoms with Crippen LogP contribution in [0.5, 0.6) is 0 Å². The predicted octanol–water partition coefficient (Wildman–Crippen LogP) is 3.69. The van der Waals surface area contributed by atoms with Crippen molar-refractivity contribution < 1.29 is 27.5 Å². The number of fused-ring (bicyclic) bond motifs is 1. The van der Waals surface area contributed by atoms with Crippen molar-refractivity contribution in [1.29, 1.82) is 0 Å². The summed E-state index contributed by atoms with van der Waals surface area (Å²) in [6.45, 7) is 0. The first-order valence-corrected chi connectivity index (χ1v) is 7.82. The van der Waals surface area contributed by atoms with Crippen LogP contribution < -0.4 is 0 Å². The van der Waals surface area contributed by atoms with Crippen molar-refractivity contribution in [2.24, 2.45) is 0 Å². The third kappa shape index (κ3) is 3.04. The number of aromatic nitrogens is 1. The number of alkyl halides is 1. The number of aliphatic hydroxyl groups excluding tert-OH is 1. The van der Waals surface area contributed by atoms with Gasteiger partial charge in [0.05, 0.1) is 11.8 Å². The number of ketones is 1. The highest BCUT2D eigenvalue weighted by Gasteiger charge is 2.45. The average Bonchev–Trinajstić information content (AvgIpc) is 2.62. The maximum Gasteiger partial charge on any atom is 0.195 e. The van der Waals surface area contributed by atoms with Crippen LogP contribution in [0.3, 0.4) is 0 Å². The lowest BCUT2D eigenvalue weighted by Gasteiger charge is -2.32. The van der Waals surface area contributed by atoms with Gasteiger partial charge in [0.1, 0.15) is 0 Å². The molecule has 25 heavy (non-hydrogen) atoms. The van der Waals surface area contributed by atoms with Crippen molar-refractivity contribution in [3.05, 3.63) is 64.7 Å². The Morgan fingerprint density at radius 2 is 2.00 bits per heavy atom. The number of halogens is 4. The Balaban J connectivity index is 1.82. The van der Waals surface area contributed by atoms with E-state index in [9.17, 15) is 23.1 Å². The summed E-state index contributed by atoms with van der Waals surface area (Å²) in [5.41, 5.74) is -2.41. The standard InChI is InChI=1S/C18H15F4NO2/c19-12-5-3-10(15(20)16(12)21)4-6-14(25)18(22)8-7-13(24)17-11(18)2-1-9-23-17/h1-3,5,9,13,24H,4,6-8H2/t13-,18-/m1/s1. The van der Waals surface area contributed by atoms with Gasteiger partial charge in [-0.25, -0.2) is 17.6 Å². The third-order valence-corrected chi connectivity index (χ3v) is 4.52. The zero-order chi connectivity index (χ0) is 18.2. The maximum absolute atomic E-state index is 15.4. The number of pyridine rings is 1. The molecule has 1 aromatic carbocycles. The first-order valence-electron chi connectivity index (χ1n) is 7.82. The molecule has 1 aliphatic carbocycles. The van der Waals surface area contributed by atoms with Crippen molar-refractivity contribution in [1.82, 2.24) is 4.98 Å². The van der Waals surface area contributed by atoms with Crippen LogP contribution in [-0.2, 0) is 16.9 Å². The van der Waals surface area contributed by atoms with E-state index >= 15 is 4.39 Å². The van der Waals surface area contributed by atoms with E-state index in [1.165, 1.54) is 18.3 Å². The van der Waals surface area contributed by atoms with E-state index in [0.717, 1.165) is 12.1 Å². The zero-order valence-corrected chi connectivity index (χ0v) is 13.1. The lowest BCUT2D eigenvalue weighted by Crippen LogP contribution is -2.37. The number of aryl methyl sites for hydroxylation is 1. The highest BCUT2D eigenvalue weighted by molar-refractivity contribution is 5.89. The fraction of sp³-hybridized carbons (Fsp3) is 0.333. The van der Waals surface area contributed by atoms with E-state index in [2.05, 4.69) is 4.98 Å². The molecular formula is C18H15F4NO2. The van der Waals surface area contributed by atoms with Gasteiger partial charge in [-0.05, 0) is 37.0 Å². The fourth-order valence-electron chi connectivity index (χ4n) is 3.12. The van der Waals surface area contributed by atoms with Crippen molar-refractivity contribution in [2.75, 3.05) is 0 Å². The number of hydrogen-bond acceptors (Lipinski definition) is 3. The highest BCUT2D eigenvalue weighted by Crippen LogP contribution is 2.43. The van der Waals surface area contributed by atoms with Crippen LogP contribution in [0, 0.1) is 17.5 Å². The molecule has 1 heterocycles. The Hall–Kier alpha value is -2.28. The second kappa shape index (κ2) is 6.55. The second-order valence-corrected chi connectivity index (χ2v) is 6.05. The minimum atomic E-state index is -2.34. The van der Waals surface area contributed by atoms with Crippen LogP contribution >= 0.6 is 0 Å². The van der Waals surface area contributed by atoms with Crippen molar-refractivity contribution in [3.8, 4) is 0 Å². The third-order valence-electron chi connectivity index (χ3n) is 4.52. The fourth-order valence-corrected chi connectivity index (χ4v) is 3.12. The largest absolute Gasteiger partial charge is 0.387 e. The number of Topliss-reactive ketones (excluding diaryl/α,β-unsaturated/α-hetero) is 1. The molecule has 0 bridgehead atoms. The molecule has 0 saturated heterocycles. The van der Waals surface area contributed by atoms with E-state index in [4.69, 9.17) is 0 Å². The Morgan fingerprint density at radius 3 is 2.76 bits per heavy atom. The number of hydrogen-bond donors (Lipinski definition) is 1. The molecule has 0 spiro atoms. The van der Waals surface area contributed by atoms with Gasteiger partial charge in [-0.1, -0.05) is 12.1 Å². The van der Waals surface area contributed by atoms with Crippen LogP contribution in [0.25, 0.3) is 0 Å². The molecule has 2 atom stereocenters. The first kappa shape index (κ1) is 17.5. The molecule has 7 heteroatoms. The van der Waals surface area contributed by atoms with Crippen molar-refractivity contribution in [3.63, 3.8) is 0 Å². The van der Waals surface area contributed by atoms with Gasteiger partial charge in [0.25, 0.3) is 0 Å². The molecule has 3 rings (SSSR count). The lowest BCUT2D eigenvalue weighted by molar-refractivity contribution is -0.133. The SMILES string of the molecule is O=C(CCc1ccc(F)c(F)c1F)[C@@]1(F)CC[C@@H](O)c2ncccc21. The van der Waals surface area contributed by atoms with Gasteiger partial charge in [-0.15, -0.1) is 0 Å². The molecule has 0 saturated carbocycles. The molecule has 0 aliphatic heterocycles. The number of nitrogens with zero attached hydrogens (tertiary/aromatic N) is 1. The van der Waals surface area contributed by atoms with Gasteiger partial charge in [-0.3, -0.25) is 9.78 Å². The number of carbonyl (C=O) groups excluding carboxylic acids is 1. The van der Waals surface area contributed by atoms with Crippen LogP contribution in [0.15, 0.2) is 30.5 Å². The molecule has 1 aliphatic rings. The van der Waals surface area contributed by atoms with Crippen molar-refractivity contribution in [2.45, 2.75) is 37.5 Å². The summed E-state index contributed by atoms with van der Waals surface area (Å²) in [5, 5.41) is 9.91. The van der Waals surface area contributed by atoms with Gasteiger partial charge in [0.15, 0.2) is 28.9 Å². The molecule has 3 nitrogen and oxygen atoms in total. The van der Waals surface area contributed by atoms with E-state index in [1.807, 2.05) is 0 Å². The van der Waals surface area contributed by atoms with Crippen LogP contribution in [-0.4, -0.2) is 15.9 Å². The highest BCUT2D eigenvalue weighted by atomic mass is 19.2. The average molecular weight is 353 g/mol. The van der Waals surface area contributed by atoms with E-state index in [1.54, 1.807) is 0 Å². The number of rotatable bonds is 4. The van der Waals surface area contributed by atoms with Crippen LogP contribution in [0.1, 0.15) is 42.2 Å². The molecule has 132 valence electrons. The van der Waals surface area contributed by atoms with E-state index in [0.29, 0.717) is 0 Å². The number of carbonyl (C=O) groups is 1. The second-order valence-electron chi connectivity index (χ2n) is 6.05. The summed E-state index contributed by atoms with van der Waals surface area (Å²) in [6.07, 6.45) is -0.377. The van der Waals surface area contributed by atoms with Crippen LogP contribution in [0.2, 0.25) is 0 Å². The van der Waals surface area contributed by atoms with Gasteiger partial charge >= 0.3 is 0 Å². The smallest absolute Gasteiger partial charge is 0.195 e. The normalized spacial score (nSPS) is 22.5.